The number of aromatic nitrogens is 2. The van der Waals surface area contributed by atoms with Crippen LogP contribution in [0.2, 0.25) is 0 Å². The normalized spacial score (nSPS) is 12.5. The molecule has 4 nitrogen and oxygen atoms in total. The van der Waals surface area contributed by atoms with Gasteiger partial charge in [0.05, 0.1) is 5.69 Å². The molecule has 20 heavy (non-hydrogen) atoms. The molecule has 0 spiro atoms. The van der Waals surface area contributed by atoms with E-state index in [-0.39, 0.29) is 6.04 Å². The third-order valence-corrected chi connectivity index (χ3v) is 3.46. The quantitative estimate of drug-likeness (QED) is 0.931. The van der Waals surface area contributed by atoms with Crippen molar-refractivity contribution in [3.63, 3.8) is 0 Å². The van der Waals surface area contributed by atoms with Crippen molar-refractivity contribution in [3.8, 4) is 11.5 Å². The molecule has 1 unspecified atom stereocenters. The summed E-state index contributed by atoms with van der Waals surface area (Å²) in [4.78, 5) is 0. The van der Waals surface area contributed by atoms with Gasteiger partial charge in [-0.1, -0.05) is 12.1 Å². The van der Waals surface area contributed by atoms with Gasteiger partial charge < -0.3 is 10.5 Å². The maximum atomic E-state index is 6.09. The first-order chi connectivity index (χ1) is 9.38. The third kappa shape index (κ3) is 3.02. The molecule has 1 heterocycles. The van der Waals surface area contributed by atoms with Gasteiger partial charge in [-0.15, -0.1) is 0 Å². The molecule has 0 saturated carbocycles. The highest BCUT2D eigenvalue weighted by Crippen LogP contribution is 2.30. The second kappa shape index (κ2) is 5.67. The molecule has 108 valence electrons. The Morgan fingerprint density at radius 3 is 2.55 bits per heavy atom. The van der Waals surface area contributed by atoms with Crippen molar-refractivity contribution >= 4 is 0 Å². The number of aryl methyl sites for hydroxylation is 3. The zero-order valence-corrected chi connectivity index (χ0v) is 12.9. The second-order valence-electron chi connectivity index (χ2n) is 5.51. The predicted octanol–water partition coefficient (Wildman–Crippen LogP) is 3.03. The average Bonchev–Trinajstić information content (AvgIpc) is 2.59. The predicted molar refractivity (Wildman–Crippen MR) is 81.3 cm³/mol. The summed E-state index contributed by atoms with van der Waals surface area (Å²) in [6, 6.07) is 6.40. The van der Waals surface area contributed by atoms with Gasteiger partial charge in [-0.25, -0.2) is 0 Å². The fraction of sp³-hybridized carbons (Fsp3) is 0.438. The monoisotopic (exact) mass is 273 g/mol. The van der Waals surface area contributed by atoms with E-state index < -0.39 is 0 Å². The molecular formula is C16H23N3O. The smallest absolute Gasteiger partial charge is 0.171 e. The van der Waals surface area contributed by atoms with E-state index >= 15 is 0 Å². The highest BCUT2D eigenvalue weighted by Gasteiger charge is 2.13. The maximum Gasteiger partial charge on any atom is 0.171 e. The van der Waals surface area contributed by atoms with Gasteiger partial charge in [0.2, 0.25) is 0 Å². The summed E-state index contributed by atoms with van der Waals surface area (Å²) >= 11 is 0. The zero-order chi connectivity index (χ0) is 14.9. The van der Waals surface area contributed by atoms with Crippen LogP contribution in [0.5, 0.6) is 11.5 Å². The lowest BCUT2D eigenvalue weighted by Gasteiger charge is -2.12. The van der Waals surface area contributed by atoms with Gasteiger partial charge in [0.25, 0.3) is 0 Å². The first-order valence-corrected chi connectivity index (χ1v) is 6.91. The Hall–Kier alpha value is -1.81. The molecular weight excluding hydrogens is 250 g/mol. The van der Waals surface area contributed by atoms with Crippen molar-refractivity contribution in [3.05, 3.63) is 40.7 Å². The molecule has 1 aromatic heterocycles. The minimum Gasteiger partial charge on any atom is -0.453 e. The van der Waals surface area contributed by atoms with Crippen LogP contribution in [0.1, 0.15) is 29.4 Å². The maximum absolute atomic E-state index is 6.09. The minimum absolute atomic E-state index is 0.146. The van der Waals surface area contributed by atoms with E-state index in [1.165, 1.54) is 5.56 Å². The van der Waals surface area contributed by atoms with Crippen LogP contribution in [0.25, 0.3) is 0 Å². The minimum atomic E-state index is 0.146. The van der Waals surface area contributed by atoms with E-state index in [0.29, 0.717) is 0 Å². The highest BCUT2D eigenvalue weighted by molar-refractivity contribution is 5.43. The Balaban J connectivity index is 2.32. The molecule has 0 amide bonds. The van der Waals surface area contributed by atoms with Crippen molar-refractivity contribution in [2.45, 2.75) is 40.2 Å². The average molecular weight is 273 g/mol. The van der Waals surface area contributed by atoms with E-state index in [9.17, 15) is 0 Å². The molecule has 0 aliphatic heterocycles. The summed E-state index contributed by atoms with van der Waals surface area (Å²) < 4.78 is 7.93. The van der Waals surface area contributed by atoms with Gasteiger partial charge in [0, 0.05) is 13.1 Å². The van der Waals surface area contributed by atoms with Crippen LogP contribution in [0, 0.1) is 20.8 Å². The van der Waals surface area contributed by atoms with Gasteiger partial charge in [0.1, 0.15) is 11.4 Å². The lowest BCUT2D eigenvalue weighted by molar-refractivity contribution is 0.469. The SMILES string of the molecule is Cc1ccc(CC(C)N)cc1Oc1c(C)nn(C)c1C. The molecule has 2 aromatic rings. The van der Waals surface area contributed by atoms with Crippen molar-refractivity contribution in [2.75, 3.05) is 0 Å². The van der Waals surface area contributed by atoms with Crippen molar-refractivity contribution in [2.24, 2.45) is 12.8 Å². The van der Waals surface area contributed by atoms with E-state index in [1.54, 1.807) is 0 Å². The second-order valence-corrected chi connectivity index (χ2v) is 5.51. The van der Waals surface area contributed by atoms with E-state index in [1.807, 2.05) is 39.4 Å². The molecule has 0 fully saturated rings. The lowest BCUT2D eigenvalue weighted by atomic mass is 10.1. The van der Waals surface area contributed by atoms with Gasteiger partial charge in [-0.3, -0.25) is 4.68 Å². The summed E-state index contributed by atoms with van der Waals surface area (Å²) in [5, 5.41) is 4.38. The van der Waals surface area contributed by atoms with Gasteiger partial charge in [0.15, 0.2) is 5.75 Å². The molecule has 0 aliphatic carbocycles. The van der Waals surface area contributed by atoms with Crippen LogP contribution in [0.4, 0.5) is 0 Å². The van der Waals surface area contributed by atoms with Crippen LogP contribution < -0.4 is 10.5 Å². The molecule has 0 aliphatic rings. The first-order valence-electron chi connectivity index (χ1n) is 6.91. The molecule has 1 atom stereocenters. The summed E-state index contributed by atoms with van der Waals surface area (Å²) in [6.45, 7) is 8.03. The number of nitrogens with two attached hydrogens (primary N) is 1. The van der Waals surface area contributed by atoms with E-state index in [0.717, 1.165) is 34.9 Å². The van der Waals surface area contributed by atoms with E-state index in [2.05, 4.69) is 23.3 Å². The third-order valence-electron chi connectivity index (χ3n) is 3.46. The molecule has 2 rings (SSSR count). The zero-order valence-electron chi connectivity index (χ0n) is 12.9. The molecule has 0 radical (unpaired) electrons. The molecule has 0 bridgehead atoms. The van der Waals surface area contributed by atoms with Gasteiger partial charge >= 0.3 is 0 Å². The van der Waals surface area contributed by atoms with Crippen LogP contribution in [0.3, 0.4) is 0 Å². The Morgan fingerprint density at radius 1 is 1.30 bits per heavy atom. The topological polar surface area (TPSA) is 53.1 Å². The highest BCUT2D eigenvalue weighted by atomic mass is 16.5. The Morgan fingerprint density at radius 2 is 2.00 bits per heavy atom. The van der Waals surface area contributed by atoms with Crippen molar-refractivity contribution in [1.82, 2.24) is 9.78 Å². The number of hydrogen-bond donors (Lipinski definition) is 1. The van der Waals surface area contributed by atoms with Gasteiger partial charge in [-0.05, 0) is 51.3 Å². The molecule has 1 aromatic carbocycles. The fourth-order valence-corrected chi connectivity index (χ4v) is 2.27. The van der Waals surface area contributed by atoms with Crippen LogP contribution >= 0.6 is 0 Å². The van der Waals surface area contributed by atoms with Gasteiger partial charge in [-0.2, -0.15) is 5.10 Å². The summed E-state index contributed by atoms with van der Waals surface area (Å²) in [7, 11) is 1.93. The molecule has 4 heteroatoms. The summed E-state index contributed by atoms with van der Waals surface area (Å²) in [6.07, 6.45) is 0.849. The van der Waals surface area contributed by atoms with Crippen LogP contribution in [0.15, 0.2) is 18.2 Å². The fourth-order valence-electron chi connectivity index (χ4n) is 2.27. The molecule has 2 N–H and O–H groups in total. The Labute approximate surface area is 120 Å². The summed E-state index contributed by atoms with van der Waals surface area (Å²) in [5.74, 6) is 1.72. The number of hydrogen-bond acceptors (Lipinski definition) is 3. The number of nitrogens with zero attached hydrogens (tertiary/aromatic N) is 2. The Kier molecular flexibility index (Phi) is 4.14. The first kappa shape index (κ1) is 14.6. The van der Waals surface area contributed by atoms with E-state index in [4.69, 9.17) is 10.5 Å². The number of benzene rings is 1. The standard InChI is InChI=1S/C16H23N3O/c1-10-6-7-14(8-11(2)17)9-15(10)20-16-12(3)18-19(5)13(16)4/h6-7,9,11H,8,17H2,1-5H3. The summed E-state index contributed by atoms with van der Waals surface area (Å²) in [5.41, 5.74) is 10.1. The molecule has 0 saturated heterocycles. The Bertz CT molecular complexity index is 614. The van der Waals surface area contributed by atoms with Crippen LogP contribution in [-0.2, 0) is 13.5 Å². The largest absolute Gasteiger partial charge is 0.453 e. The number of rotatable bonds is 4. The lowest BCUT2D eigenvalue weighted by Crippen LogP contribution is -2.17. The van der Waals surface area contributed by atoms with Crippen molar-refractivity contribution < 1.29 is 4.74 Å². The number of ether oxygens (including phenoxy) is 1. The van der Waals surface area contributed by atoms with Crippen LogP contribution in [-0.4, -0.2) is 15.8 Å². The van der Waals surface area contributed by atoms with Crippen molar-refractivity contribution in [1.29, 1.82) is 0 Å².